The highest BCUT2D eigenvalue weighted by Gasteiger charge is 2.47. The molecule has 0 bridgehead atoms. The van der Waals surface area contributed by atoms with Gasteiger partial charge in [0.05, 0.1) is 0 Å². The minimum atomic E-state index is -0.771. The van der Waals surface area contributed by atoms with E-state index in [4.69, 9.17) is 0 Å². The van der Waals surface area contributed by atoms with Crippen LogP contribution in [0.1, 0.15) is 44.2 Å². The Hall–Kier alpha value is -1.84. The summed E-state index contributed by atoms with van der Waals surface area (Å²) in [6.07, 6.45) is 1.63. The van der Waals surface area contributed by atoms with E-state index in [1.165, 1.54) is 11.1 Å². The Morgan fingerprint density at radius 1 is 1.29 bits per heavy atom. The second-order valence-corrected chi connectivity index (χ2v) is 6.54. The number of nitrogens with one attached hydrogen (secondary N) is 1. The number of fused-ring (bicyclic) bond motifs is 1. The van der Waals surface area contributed by atoms with Crippen LogP contribution in [0.3, 0.4) is 0 Å². The van der Waals surface area contributed by atoms with Gasteiger partial charge in [0.15, 0.2) is 0 Å². The molecule has 1 aromatic rings. The predicted molar refractivity (Wildman–Crippen MR) is 80.9 cm³/mol. The lowest BCUT2D eigenvalue weighted by Gasteiger charge is -2.47. The summed E-state index contributed by atoms with van der Waals surface area (Å²) in [5.41, 5.74) is 1.91. The first-order valence-electron chi connectivity index (χ1n) is 7.65. The monoisotopic (exact) mass is 286 g/mol. The second-order valence-electron chi connectivity index (χ2n) is 6.54. The van der Waals surface area contributed by atoms with Crippen LogP contribution in [0.5, 0.6) is 0 Å². The van der Waals surface area contributed by atoms with Crippen LogP contribution < -0.4 is 5.32 Å². The Kier molecular flexibility index (Phi) is 3.27. The largest absolute Gasteiger partial charge is 0.342 e. The Labute approximate surface area is 125 Å². The van der Waals surface area contributed by atoms with Crippen molar-refractivity contribution in [3.63, 3.8) is 0 Å². The van der Waals surface area contributed by atoms with E-state index in [1.807, 2.05) is 32.9 Å². The third-order valence-electron chi connectivity index (χ3n) is 4.87. The molecule has 1 saturated heterocycles. The van der Waals surface area contributed by atoms with Gasteiger partial charge in [-0.3, -0.25) is 9.59 Å². The highest BCUT2D eigenvalue weighted by Crippen LogP contribution is 2.37. The third-order valence-corrected chi connectivity index (χ3v) is 4.87. The Morgan fingerprint density at radius 3 is 2.67 bits per heavy atom. The first-order valence-corrected chi connectivity index (χ1v) is 7.65. The summed E-state index contributed by atoms with van der Waals surface area (Å²) in [6, 6.07) is 7.97. The van der Waals surface area contributed by atoms with Crippen LogP contribution in [0.4, 0.5) is 0 Å². The molecule has 0 saturated carbocycles. The maximum atomic E-state index is 12.6. The van der Waals surface area contributed by atoms with Crippen molar-refractivity contribution in [1.29, 1.82) is 0 Å². The van der Waals surface area contributed by atoms with Crippen molar-refractivity contribution < 1.29 is 9.59 Å². The van der Waals surface area contributed by atoms with Crippen molar-refractivity contribution >= 4 is 11.8 Å². The van der Waals surface area contributed by atoms with Crippen molar-refractivity contribution in [3.05, 3.63) is 35.4 Å². The van der Waals surface area contributed by atoms with Gasteiger partial charge in [-0.05, 0) is 37.8 Å². The summed E-state index contributed by atoms with van der Waals surface area (Å²) in [4.78, 5) is 26.7. The SMILES string of the molecule is CCC1NC(=O)C(C)(C)N(CC2Cc3ccccc32)C1=O. The summed E-state index contributed by atoms with van der Waals surface area (Å²) < 4.78 is 0. The third kappa shape index (κ3) is 2.13. The number of rotatable bonds is 3. The highest BCUT2D eigenvalue weighted by molar-refractivity contribution is 5.99. The lowest BCUT2D eigenvalue weighted by atomic mass is 9.76. The molecular weight excluding hydrogens is 264 g/mol. The molecule has 2 amide bonds. The lowest BCUT2D eigenvalue weighted by molar-refractivity contribution is -0.155. The average Bonchev–Trinajstić information content (AvgIpc) is 2.43. The molecular formula is C17H22N2O2. The van der Waals surface area contributed by atoms with Crippen molar-refractivity contribution in [3.8, 4) is 0 Å². The molecule has 1 aromatic carbocycles. The molecule has 21 heavy (non-hydrogen) atoms. The summed E-state index contributed by atoms with van der Waals surface area (Å²) in [7, 11) is 0. The maximum Gasteiger partial charge on any atom is 0.246 e. The molecule has 112 valence electrons. The molecule has 3 rings (SSSR count). The standard InChI is InChI=1S/C17H22N2O2/c1-4-14-15(20)19(17(2,3)16(21)18-14)10-12-9-11-7-5-6-8-13(11)12/h5-8,12,14H,4,9-10H2,1-3H3,(H,18,21). The fraction of sp³-hybridized carbons (Fsp3) is 0.529. The fourth-order valence-corrected chi connectivity index (χ4v) is 3.32. The van der Waals surface area contributed by atoms with Gasteiger partial charge in [0.2, 0.25) is 11.8 Å². The molecule has 2 atom stereocenters. The fourth-order valence-electron chi connectivity index (χ4n) is 3.32. The van der Waals surface area contributed by atoms with Crippen molar-refractivity contribution in [2.75, 3.05) is 6.54 Å². The average molecular weight is 286 g/mol. The van der Waals surface area contributed by atoms with Crippen molar-refractivity contribution in [2.45, 2.75) is 51.1 Å². The van der Waals surface area contributed by atoms with E-state index in [2.05, 4.69) is 17.4 Å². The van der Waals surface area contributed by atoms with Crippen LogP contribution in [0.2, 0.25) is 0 Å². The highest BCUT2D eigenvalue weighted by atomic mass is 16.2. The molecule has 1 heterocycles. The van der Waals surface area contributed by atoms with E-state index in [-0.39, 0.29) is 17.9 Å². The molecule has 0 radical (unpaired) electrons. The van der Waals surface area contributed by atoms with E-state index in [1.54, 1.807) is 4.90 Å². The second kappa shape index (κ2) is 4.86. The maximum absolute atomic E-state index is 12.6. The van der Waals surface area contributed by atoms with Gasteiger partial charge in [-0.15, -0.1) is 0 Å². The molecule has 1 aliphatic carbocycles. The Morgan fingerprint density at radius 2 is 2.00 bits per heavy atom. The zero-order chi connectivity index (χ0) is 15.2. The van der Waals surface area contributed by atoms with Gasteiger partial charge in [0, 0.05) is 12.5 Å². The van der Waals surface area contributed by atoms with Crippen molar-refractivity contribution in [1.82, 2.24) is 10.2 Å². The topological polar surface area (TPSA) is 49.4 Å². The van der Waals surface area contributed by atoms with Crippen LogP contribution in [0.25, 0.3) is 0 Å². The van der Waals surface area contributed by atoms with Gasteiger partial charge in [-0.1, -0.05) is 31.2 Å². The van der Waals surface area contributed by atoms with Crippen LogP contribution in [0, 0.1) is 0 Å². The molecule has 2 unspecified atom stereocenters. The molecule has 1 N–H and O–H groups in total. The lowest BCUT2D eigenvalue weighted by Crippen LogP contribution is -2.68. The molecule has 0 aromatic heterocycles. The molecule has 4 nitrogen and oxygen atoms in total. The van der Waals surface area contributed by atoms with Crippen LogP contribution in [-0.2, 0) is 16.0 Å². The summed E-state index contributed by atoms with van der Waals surface area (Å²) in [6.45, 7) is 6.22. The molecule has 1 aliphatic heterocycles. The number of carbonyl (C=O) groups excluding carboxylic acids is 2. The van der Waals surface area contributed by atoms with Gasteiger partial charge in [-0.25, -0.2) is 0 Å². The predicted octanol–water partition coefficient (Wildman–Crippen LogP) is 1.84. The molecule has 2 aliphatic rings. The molecule has 1 fully saturated rings. The number of nitrogens with zero attached hydrogens (tertiary/aromatic N) is 1. The number of amides is 2. The van der Waals surface area contributed by atoms with Crippen LogP contribution >= 0.6 is 0 Å². The Bertz CT molecular complexity index is 594. The molecule has 0 spiro atoms. The summed E-state index contributed by atoms with van der Waals surface area (Å²) in [5.74, 6) is 0.348. The van der Waals surface area contributed by atoms with E-state index >= 15 is 0 Å². The zero-order valence-electron chi connectivity index (χ0n) is 12.8. The smallest absolute Gasteiger partial charge is 0.246 e. The van der Waals surface area contributed by atoms with Crippen molar-refractivity contribution in [2.24, 2.45) is 0 Å². The minimum Gasteiger partial charge on any atom is -0.342 e. The quantitative estimate of drug-likeness (QED) is 0.922. The minimum absolute atomic E-state index is 0.0477. The summed E-state index contributed by atoms with van der Waals surface area (Å²) >= 11 is 0. The first-order chi connectivity index (χ1) is 9.95. The molecule has 4 heteroatoms. The van der Waals surface area contributed by atoms with Crippen LogP contribution in [0.15, 0.2) is 24.3 Å². The van der Waals surface area contributed by atoms with Gasteiger partial charge < -0.3 is 10.2 Å². The zero-order valence-corrected chi connectivity index (χ0v) is 12.8. The van der Waals surface area contributed by atoms with E-state index in [0.717, 1.165) is 6.42 Å². The van der Waals surface area contributed by atoms with Crippen LogP contribution in [-0.4, -0.2) is 34.8 Å². The summed E-state index contributed by atoms with van der Waals surface area (Å²) in [5, 5.41) is 2.83. The van der Waals surface area contributed by atoms with Gasteiger partial charge >= 0.3 is 0 Å². The number of piperazine rings is 1. The first kappa shape index (κ1) is 14.1. The number of hydrogen-bond acceptors (Lipinski definition) is 2. The van der Waals surface area contributed by atoms with E-state index in [0.29, 0.717) is 18.9 Å². The van der Waals surface area contributed by atoms with Gasteiger partial charge in [-0.2, -0.15) is 0 Å². The normalized spacial score (nSPS) is 26.9. The Balaban J connectivity index is 1.83. The number of hydrogen-bond donors (Lipinski definition) is 1. The van der Waals surface area contributed by atoms with E-state index in [9.17, 15) is 9.59 Å². The number of carbonyl (C=O) groups is 2. The number of benzene rings is 1. The van der Waals surface area contributed by atoms with Gasteiger partial charge in [0.1, 0.15) is 11.6 Å². The van der Waals surface area contributed by atoms with Gasteiger partial charge in [0.25, 0.3) is 0 Å². The van der Waals surface area contributed by atoms with E-state index < -0.39 is 5.54 Å².